The summed E-state index contributed by atoms with van der Waals surface area (Å²) in [7, 11) is 0. The van der Waals surface area contributed by atoms with Gasteiger partial charge in [0.2, 0.25) is 0 Å². The van der Waals surface area contributed by atoms with Crippen LogP contribution in [-0.4, -0.2) is 10.3 Å². The third kappa shape index (κ3) is 4.69. The number of hydrogen-bond donors (Lipinski definition) is 1. The number of nitrogens with zero attached hydrogens (tertiary/aromatic N) is 2. The maximum atomic E-state index is 6.72. The fraction of sp³-hybridized carbons (Fsp3) is 0.0727. The molecule has 0 spiro atoms. The van der Waals surface area contributed by atoms with Crippen molar-refractivity contribution in [2.24, 2.45) is 4.99 Å². The van der Waals surface area contributed by atoms with E-state index >= 15 is 0 Å². The number of thiophene rings is 1. The van der Waals surface area contributed by atoms with E-state index in [4.69, 9.17) is 9.41 Å². The minimum Gasteiger partial charge on any atom is -0.456 e. The predicted molar refractivity (Wildman–Crippen MR) is 251 cm³/mol. The standard InChI is InChI=1S/C55H37N3OS/c1-55(2)41-21-9-6-19-38(41)48-42(55)28-27-37-36-18-7-10-22-43(36)58(52(37)48)44-23-13-24-46-49(44)40-31-35(26-29-45(40)59-46)54-56-50(53-51(57-54)39-20-8-11-25-47(39)60-53)34-17-12-16-33(30-34)32-14-4-3-5-15-32/h3-31,54,57H,1-2H3. The van der Waals surface area contributed by atoms with Crippen molar-refractivity contribution in [2.45, 2.75) is 25.4 Å². The van der Waals surface area contributed by atoms with Gasteiger partial charge in [0, 0.05) is 42.8 Å². The normalized spacial score (nSPS) is 15.4. The van der Waals surface area contributed by atoms with Crippen LogP contribution in [0.1, 0.15) is 47.1 Å². The third-order valence-electron chi connectivity index (χ3n) is 13.0. The smallest absolute Gasteiger partial charge is 0.145 e. The van der Waals surface area contributed by atoms with Crippen LogP contribution < -0.4 is 5.32 Å². The highest BCUT2D eigenvalue weighted by atomic mass is 32.1. The van der Waals surface area contributed by atoms with E-state index in [1.165, 1.54) is 70.1 Å². The van der Waals surface area contributed by atoms with Gasteiger partial charge in [-0.2, -0.15) is 0 Å². The Balaban J connectivity index is 1.04. The van der Waals surface area contributed by atoms with Crippen molar-refractivity contribution >= 4 is 76.6 Å². The molecule has 1 atom stereocenters. The van der Waals surface area contributed by atoms with Crippen LogP contribution in [0.25, 0.3) is 81.8 Å². The average molecular weight is 788 g/mol. The number of aliphatic imine (C=N–C) groups is 1. The van der Waals surface area contributed by atoms with Crippen LogP contribution in [-0.2, 0) is 5.41 Å². The van der Waals surface area contributed by atoms with Gasteiger partial charge in [0.25, 0.3) is 0 Å². The molecule has 13 rings (SSSR count). The van der Waals surface area contributed by atoms with E-state index in [2.05, 4.69) is 200 Å². The minimum atomic E-state index is -0.317. The number of aromatic nitrogens is 1. The summed E-state index contributed by atoms with van der Waals surface area (Å²) in [6.45, 7) is 4.72. The molecule has 0 bridgehead atoms. The summed E-state index contributed by atoms with van der Waals surface area (Å²) in [5, 5.41) is 9.79. The number of rotatable bonds is 4. The first kappa shape index (κ1) is 33.7. The number of benzene rings is 8. The summed E-state index contributed by atoms with van der Waals surface area (Å²) < 4.78 is 10.5. The zero-order valence-corrected chi connectivity index (χ0v) is 33.8. The van der Waals surface area contributed by atoms with Crippen molar-refractivity contribution in [1.29, 1.82) is 0 Å². The lowest BCUT2D eigenvalue weighted by Gasteiger charge is -2.24. The molecule has 4 heterocycles. The molecule has 1 aliphatic heterocycles. The van der Waals surface area contributed by atoms with E-state index in [0.717, 1.165) is 50.2 Å². The summed E-state index contributed by atoms with van der Waals surface area (Å²) in [4.78, 5) is 6.74. The highest BCUT2D eigenvalue weighted by molar-refractivity contribution is 7.22. The number of anilines is 1. The van der Waals surface area contributed by atoms with Crippen LogP contribution in [0.4, 0.5) is 5.69 Å². The van der Waals surface area contributed by atoms with Crippen LogP contribution in [0.15, 0.2) is 185 Å². The Morgan fingerprint density at radius 3 is 2.28 bits per heavy atom. The average Bonchev–Trinajstić information content (AvgIpc) is 4.03. The summed E-state index contributed by atoms with van der Waals surface area (Å²) in [6.07, 6.45) is -0.317. The molecule has 1 unspecified atom stereocenters. The van der Waals surface area contributed by atoms with Crippen molar-refractivity contribution in [3.05, 3.63) is 203 Å². The van der Waals surface area contributed by atoms with E-state index < -0.39 is 0 Å². The highest BCUT2D eigenvalue weighted by Gasteiger charge is 2.38. The van der Waals surface area contributed by atoms with Crippen LogP contribution >= 0.6 is 11.3 Å². The Morgan fingerprint density at radius 2 is 1.37 bits per heavy atom. The molecule has 0 saturated carbocycles. The number of para-hydroxylation sites is 1. The van der Waals surface area contributed by atoms with Crippen LogP contribution in [0.5, 0.6) is 0 Å². The highest BCUT2D eigenvalue weighted by Crippen LogP contribution is 2.53. The Morgan fingerprint density at radius 1 is 0.600 bits per heavy atom. The molecule has 0 fully saturated rings. The number of nitrogens with one attached hydrogen (secondary N) is 1. The first-order valence-electron chi connectivity index (χ1n) is 20.7. The van der Waals surface area contributed by atoms with Gasteiger partial charge in [-0.1, -0.05) is 147 Å². The zero-order chi connectivity index (χ0) is 39.7. The summed E-state index contributed by atoms with van der Waals surface area (Å²) >= 11 is 1.80. The van der Waals surface area contributed by atoms with Gasteiger partial charge in [-0.05, 0) is 75.8 Å². The molecule has 8 aromatic carbocycles. The summed E-state index contributed by atoms with van der Waals surface area (Å²) in [5.41, 5.74) is 17.2. The molecule has 4 nitrogen and oxygen atoms in total. The quantitative estimate of drug-likeness (QED) is 0.193. The summed E-state index contributed by atoms with van der Waals surface area (Å²) in [6, 6.07) is 63.7. The van der Waals surface area contributed by atoms with Gasteiger partial charge in [0.05, 0.1) is 38.4 Å². The van der Waals surface area contributed by atoms with Gasteiger partial charge < -0.3 is 14.3 Å². The van der Waals surface area contributed by atoms with E-state index in [1.807, 2.05) is 0 Å². The Bertz CT molecular complexity index is 3620. The summed E-state index contributed by atoms with van der Waals surface area (Å²) in [5.74, 6) is 0. The molecule has 284 valence electrons. The van der Waals surface area contributed by atoms with Gasteiger partial charge in [0.15, 0.2) is 0 Å². The van der Waals surface area contributed by atoms with Crippen molar-refractivity contribution in [3.63, 3.8) is 0 Å². The van der Waals surface area contributed by atoms with Crippen LogP contribution in [0, 0.1) is 0 Å². The fourth-order valence-corrected chi connectivity index (χ4v) is 11.4. The molecule has 60 heavy (non-hydrogen) atoms. The van der Waals surface area contributed by atoms with E-state index in [1.54, 1.807) is 11.3 Å². The van der Waals surface area contributed by atoms with E-state index in [-0.39, 0.29) is 11.6 Å². The van der Waals surface area contributed by atoms with Gasteiger partial charge in [0.1, 0.15) is 17.3 Å². The molecule has 1 N–H and O–H groups in total. The lowest BCUT2D eigenvalue weighted by atomic mass is 9.82. The Labute approximate surface area is 350 Å². The van der Waals surface area contributed by atoms with Crippen molar-refractivity contribution < 1.29 is 4.42 Å². The van der Waals surface area contributed by atoms with Gasteiger partial charge >= 0.3 is 0 Å². The van der Waals surface area contributed by atoms with E-state index in [0.29, 0.717) is 0 Å². The van der Waals surface area contributed by atoms with Gasteiger partial charge in [-0.3, -0.25) is 4.99 Å². The van der Waals surface area contributed by atoms with Crippen LogP contribution in [0.3, 0.4) is 0 Å². The fourth-order valence-electron chi connectivity index (χ4n) is 10.2. The molecule has 0 saturated heterocycles. The zero-order valence-electron chi connectivity index (χ0n) is 33.0. The predicted octanol–water partition coefficient (Wildman–Crippen LogP) is 14.8. The molecule has 0 amide bonds. The molecule has 5 heteroatoms. The van der Waals surface area contributed by atoms with Gasteiger partial charge in [-0.25, -0.2) is 0 Å². The first-order valence-corrected chi connectivity index (χ1v) is 21.5. The van der Waals surface area contributed by atoms with E-state index in [9.17, 15) is 0 Å². The molecule has 2 aliphatic rings. The largest absolute Gasteiger partial charge is 0.456 e. The monoisotopic (exact) mass is 787 g/mol. The van der Waals surface area contributed by atoms with Crippen molar-refractivity contribution in [3.8, 4) is 27.9 Å². The Hall–Kier alpha value is -7.21. The second kappa shape index (κ2) is 12.4. The van der Waals surface area contributed by atoms with Crippen molar-refractivity contribution in [1.82, 2.24) is 4.57 Å². The number of fused-ring (bicyclic) bond motifs is 13. The minimum absolute atomic E-state index is 0.118. The molecule has 0 radical (unpaired) electrons. The first-order chi connectivity index (χ1) is 29.5. The Kier molecular flexibility index (Phi) is 6.97. The van der Waals surface area contributed by atoms with Crippen LogP contribution in [0.2, 0.25) is 0 Å². The third-order valence-corrected chi connectivity index (χ3v) is 14.2. The lowest BCUT2D eigenvalue weighted by molar-refractivity contribution is 0.661. The second-order valence-electron chi connectivity index (χ2n) is 16.7. The van der Waals surface area contributed by atoms with Crippen molar-refractivity contribution in [2.75, 3.05) is 5.32 Å². The molecular formula is C55H37N3OS. The molecular weight excluding hydrogens is 751 g/mol. The van der Waals surface area contributed by atoms with Gasteiger partial charge in [-0.15, -0.1) is 11.3 Å². The molecule has 11 aromatic rings. The maximum Gasteiger partial charge on any atom is 0.145 e. The lowest BCUT2D eigenvalue weighted by Crippen LogP contribution is -2.19. The number of hydrogen-bond acceptors (Lipinski definition) is 4. The number of furan rings is 1. The maximum absolute atomic E-state index is 6.72. The SMILES string of the molecule is CC1(C)c2ccccc2-c2c1ccc1c3ccccc3n(-c3cccc4oc5ccc(C6N=C(c7cccc(-c8ccccc8)c7)c7sc8ccccc8c7N6)cc5c34)c21. The second-order valence-corrected chi connectivity index (χ2v) is 17.7. The topological polar surface area (TPSA) is 42.5 Å². The molecule has 1 aliphatic carbocycles. The molecule has 3 aromatic heterocycles.